The molecule has 3 heteroatoms. The van der Waals surface area contributed by atoms with Gasteiger partial charge in [-0.3, -0.25) is 4.90 Å². The Morgan fingerprint density at radius 3 is 2.80 bits per heavy atom. The smallest absolute Gasteiger partial charge is 0.150 e. The van der Waals surface area contributed by atoms with Crippen LogP contribution in [0.2, 0.25) is 0 Å². The summed E-state index contributed by atoms with van der Waals surface area (Å²) in [6, 6.07) is 1.99. The van der Waals surface area contributed by atoms with Crippen molar-refractivity contribution in [2.45, 2.75) is 50.6 Å². The van der Waals surface area contributed by atoms with Crippen LogP contribution in [0.1, 0.15) is 44.3 Å². The van der Waals surface area contributed by atoms with Gasteiger partial charge in [-0.2, -0.15) is 0 Å². The maximum atomic E-state index is 5.21. The summed E-state index contributed by atoms with van der Waals surface area (Å²) in [4.78, 5) is 2.63. The Labute approximate surface area is 90.4 Å². The highest BCUT2D eigenvalue weighted by Crippen LogP contribution is 2.43. The van der Waals surface area contributed by atoms with Crippen molar-refractivity contribution >= 4 is 0 Å². The Bertz CT molecular complexity index is 309. The lowest BCUT2D eigenvalue weighted by atomic mass is 9.94. The molecule has 15 heavy (non-hydrogen) atoms. The van der Waals surface area contributed by atoms with E-state index >= 15 is 0 Å². The molecule has 1 aromatic heterocycles. The SMILES string of the molecule is c1cc(CN2CCCC23CCCC3)on1. The van der Waals surface area contributed by atoms with Crippen LogP contribution in [0.3, 0.4) is 0 Å². The van der Waals surface area contributed by atoms with Gasteiger partial charge >= 0.3 is 0 Å². The van der Waals surface area contributed by atoms with E-state index in [1.807, 2.05) is 6.07 Å². The molecule has 2 heterocycles. The van der Waals surface area contributed by atoms with Crippen molar-refractivity contribution in [1.29, 1.82) is 0 Å². The quantitative estimate of drug-likeness (QED) is 0.744. The molecule has 1 aliphatic heterocycles. The van der Waals surface area contributed by atoms with Gasteiger partial charge in [0.2, 0.25) is 0 Å². The van der Waals surface area contributed by atoms with Crippen LogP contribution >= 0.6 is 0 Å². The molecule has 82 valence electrons. The van der Waals surface area contributed by atoms with Gasteiger partial charge in [-0.15, -0.1) is 0 Å². The monoisotopic (exact) mass is 206 g/mol. The normalized spacial score (nSPS) is 25.3. The van der Waals surface area contributed by atoms with E-state index in [0.29, 0.717) is 5.54 Å². The summed E-state index contributed by atoms with van der Waals surface area (Å²) in [6.45, 7) is 2.20. The molecule has 2 aliphatic rings. The maximum absolute atomic E-state index is 5.21. The van der Waals surface area contributed by atoms with Crippen LogP contribution in [0.5, 0.6) is 0 Å². The number of likely N-dealkylation sites (tertiary alicyclic amines) is 1. The zero-order chi connectivity index (χ0) is 10.1. The zero-order valence-electron chi connectivity index (χ0n) is 9.11. The highest BCUT2D eigenvalue weighted by atomic mass is 16.5. The predicted molar refractivity (Wildman–Crippen MR) is 57.3 cm³/mol. The number of aromatic nitrogens is 1. The van der Waals surface area contributed by atoms with E-state index in [4.69, 9.17) is 4.52 Å². The highest BCUT2D eigenvalue weighted by Gasteiger charge is 2.42. The third-order valence-corrected chi connectivity index (χ3v) is 4.11. The van der Waals surface area contributed by atoms with Crippen LogP contribution in [0.4, 0.5) is 0 Å². The Kier molecular flexibility index (Phi) is 2.28. The minimum Gasteiger partial charge on any atom is -0.360 e. The van der Waals surface area contributed by atoms with Gasteiger partial charge in [0.15, 0.2) is 5.76 Å². The standard InChI is InChI=1S/C12H18N2O/c1-2-6-12(5-1)7-3-9-14(12)10-11-4-8-13-15-11/h4,8H,1-3,5-7,9-10H2. The molecule has 1 saturated heterocycles. The molecule has 0 N–H and O–H groups in total. The summed E-state index contributed by atoms with van der Waals surface area (Å²) in [7, 11) is 0. The average molecular weight is 206 g/mol. The molecule has 0 amide bonds. The molecule has 1 aliphatic carbocycles. The van der Waals surface area contributed by atoms with E-state index < -0.39 is 0 Å². The Morgan fingerprint density at radius 2 is 2.07 bits per heavy atom. The van der Waals surface area contributed by atoms with E-state index in [1.54, 1.807) is 6.20 Å². The van der Waals surface area contributed by atoms with Crippen molar-refractivity contribution in [3.63, 3.8) is 0 Å². The third kappa shape index (κ3) is 1.59. The summed E-state index contributed by atoms with van der Waals surface area (Å²) in [5.41, 5.74) is 0.521. The minimum absolute atomic E-state index is 0.521. The van der Waals surface area contributed by atoms with Gasteiger partial charge in [0.05, 0.1) is 12.7 Å². The molecule has 3 nitrogen and oxygen atoms in total. The van der Waals surface area contributed by atoms with Crippen molar-refractivity contribution in [1.82, 2.24) is 10.1 Å². The Balaban J connectivity index is 1.74. The van der Waals surface area contributed by atoms with Gasteiger partial charge in [-0.05, 0) is 32.2 Å². The molecule has 0 aromatic carbocycles. The van der Waals surface area contributed by atoms with Crippen molar-refractivity contribution in [2.75, 3.05) is 6.54 Å². The first-order chi connectivity index (χ1) is 7.39. The lowest BCUT2D eigenvalue weighted by Gasteiger charge is -2.34. The summed E-state index contributed by atoms with van der Waals surface area (Å²) in [5, 5.41) is 3.78. The molecule has 0 unspecified atom stereocenters. The molecular weight excluding hydrogens is 188 g/mol. The fourth-order valence-corrected chi connectivity index (χ4v) is 3.35. The van der Waals surface area contributed by atoms with Gasteiger partial charge in [0, 0.05) is 11.6 Å². The van der Waals surface area contributed by atoms with Crippen LogP contribution in [0.25, 0.3) is 0 Å². The summed E-state index contributed by atoms with van der Waals surface area (Å²) in [6.07, 6.45) is 10.1. The van der Waals surface area contributed by atoms with Crippen LogP contribution in [0, 0.1) is 0 Å². The van der Waals surface area contributed by atoms with E-state index in [0.717, 1.165) is 12.3 Å². The van der Waals surface area contributed by atoms with E-state index in [9.17, 15) is 0 Å². The lowest BCUT2D eigenvalue weighted by molar-refractivity contribution is 0.121. The molecule has 2 fully saturated rings. The van der Waals surface area contributed by atoms with Crippen molar-refractivity contribution in [3.8, 4) is 0 Å². The highest BCUT2D eigenvalue weighted by molar-refractivity contribution is 5.02. The fraction of sp³-hybridized carbons (Fsp3) is 0.750. The summed E-state index contributed by atoms with van der Waals surface area (Å²) >= 11 is 0. The summed E-state index contributed by atoms with van der Waals surface area (Å²) < 4.78 is 5.21. The molecule has 0 radical (unpaired) electrons. The zero-order valence-corrected chi connectivity index (χ0v) is 9.11. The van der Waals surface area contributed by atoms with Gasteiger partial charge in [0.1, 0.15) is 0 Å². The van der Waals surface area contributed by atoms with E-state index in [1.165, 1.54) is 45.1 Å². The molecule has 0 atom stereocenters. The van der Waals surface area contributed by atoms with E-state index in [2.05, 4.69) is 10.1 Å². The third-order valence-electron chi connectivity index (χ3n) is 4.11. The van der Waals surface area contributed by atoms with Crippen LogP contribution in [0.15, 0.2) is 16.8 Å². The molecule has 1 aromatic rings. The topological polar surface area (TPSA) is 29.3 Å². The van der Waals surface area contributed by atoms with Crippen LogP contribution in [-0.2, 0) is 6.54 Å². The first kappa shape index (κ1) is 9.40. The Morgan fingerprint density at radius 1 is 1.27 bits per heavy atom. The largest absolute Gasteiger partial charge is 0.360 e. The number of hydrogen-bond donors (Lipinski definition) is 0. The van der Waals surface area contributed by atoms with Crippen LogP contribution < -0.4 is 0 Å². The number of hydrogen-bond acceptors (Lipinski definition) is 3. The minimum atomic E-state index is 0.521. The second-order valence-corrected chi connectivity index (χ2v) is 4.94. The second kappa shape index (κ2) is 3.63. The maximum Gasteiger partial charge on any atom is 0.150 e. The van der Waals surface area contributed by atoms with Crippen molar-refractivity contribution in [2.24, 2.45) is 0 Å². The number of rotatable bonds is 2. The molecule has 3 rings (SSSR count). The van der Waals surface area contributed by atoms with Gasteiger partial charge in [0.25, 0.3) is 0 Å². The Hall–Kier alpha value is -0.830. The van der Waals surface area contributed by atoms with Gasteiger partial charge in [-0.1, -0.05) is 18.0 Å². The number of nitrogens with zero attached hydrogens (tertiary/aromatic N) is 2. The van der Waals surface area contributed by atoms with E-state index in [-0.39, 0.29) is 0 Å². The van der Waals surface area contributed by atoms with Gasteiger partial charge < -0.3 is 4.52 Å². The van der Waals surface area contributed by atoms with Crippen LogP contribution in [-0.4, -0.2) is 22.1 Å². The average Bonchev–Trinajstić information content (AvgIpc) is 2.93. The molecule has 1 saturated carbocycles. The molecule has 0 bridgehead atoms. The molecule has 1 spiro atoms. The summed E-state index contributed by atoms with van der Waals surface area (Å²) in [5.74, 6) is 1.02. The van der Waals surface area contributed by atoms with Crippen molar-refractivity contribution in [3.05, 3.63) is 18.0 Å². The first-order valence-corrected chi connectivity index (χ1v) is 6.04. The predicted octanol–water partition coefficient (Wildman–Crippen LogP) is 2.58. The van der Waals surface area contributed by atoms with Crippen molar-refractivity contribution < 1.29 is 4.52 Å². The van der Waals surface area contributed by atoms with Gasteiger partial charge in [-0.25, -0.2) is 0 Å². The second-order valence-electron chi connectivity index (χ2n) is 4.94. The first-order valence-electron chi connectivity index (χ1n) is 6.04. The molecular formula is C12H18N2O. The fourth-order valence-electron chi connectivity index (χ4n) is 3.35. The lowest BCUT2D eigenvalue weighted by Crippen LogP contribution is -2.40.